The number of carbonyl (C=O) groups is 1. The molecule has 0 amide bonds. The molecule has 0 aliphatic heterocycles. The van der Waals surface area contributed by atoms with Crippen molar-refractivity contribution < 1.29 is 14.3 Å². The van der Waals surface area contributed by atoms with Crippen LogP contribution in [0.4, 0.5) is 4.39 Å². The summed E-state index contributed by atoms with van der Waals surface area (Å²) in [5.41, 5.74) is 1.38. The summed E-state index contributed by atoms with van der Waals surface area (Å²) < 4.78 is 13.9. The minimum absolute atomic E-state index is 0.213. The fourth-order valence-corrected chi connectivity index (χ4v) is 1.94. The number of aliphatic carboxylic acids is 1. The molecule has 4 heteroatoms. The van der Waals surface area contributed by atoms with E-state index in [1.807, 2.05) is 0 Å². The Balaban J connectivity index is 2.54. The van der Waals surface area contributed by atoms with Gasteiger partial charge >= 0.3 is 5.97 Å². The summed E-state index contributed by atoms with van der Waals surface area (Å²) in [5, 5.41) is 9.38. The van der Waals surface area contributed by atoms with Crippen molar-refractivity contribution in [3.05, 3.63) is 58.9 Å². The first-order valence-corrected chi connectivity index (χ1v) is 5.71. The monoisotopic (exact) mass is 264 g/mol. The second-order valence-corrected chi connectivity index (χ2v) is 4.29. The summed E-state index contributed by atoms with van der Waals surface area (Å²) in [6.45, 7) is 0. The van der Waals surface area contributed by atoms with Crippen LogP contribution < -0.4 is 0 Å². The van der Waals surface area contributed by atoms with Gasteiger partial charge in [-0.2, -0.15) is 0 Å². The summed E-state index contributed by atoms with van der Waals surface area (Å²) >= 11 is 5.78. The average Bonchev–Trinajstić information content (AvgIpc) is 2.30. The summed E-state index contributed by atoms with van der Waals surface area (Å²) in [4.78, 5) is 10.8. The first kappa shape index (κ1) is 12.6. The molecule has 2 aromatic carbocycles. The molecule has 0 saturated carbocycles. The lowest BCUT2D eigenvalue weighted by molar-refractivity contribution is -0.136. The lowest BCUT2D eigenvalue weighted by Gasteiger charge is -2.09. The first-order valence-electron chi connectivity index (χ1n) is 5.33. The summed E-state index contributed by atoms with van der Waals surface area (Å²) in [6.07, 6.45) is -0.213. The molecule has 0 aromatic heterocycles. The van der Waals surface area contributed by atoms with E-state index in [0.29, 0.717) is 21.7 Å². The molecule has 0 bridgehead atoms. The van der Waals surface area contributed by atoms with Crippen molar-refractivity contribution in [3.63, 3.8) is 0 Å². The number of halogens is 2. The fraction of sp³-hybridized carbons (Fsp3) is 0.0714. The van der Waals surface area contributed by atoms with Crippen LogP contribution in [0.3, 0.4) is 0 Å². The molecule has 2 aromatic rings. The second kappa shape index (κ2) is 5.19. The van der Waals surface area contributed by atoms with Crippen LogP contribution in [0.2, 0.25) is 5.02 Å². The Morgan fingerprint density at radius 1 is 1.17 bits per heavy atom. The zero-order valence-corrected chi connectivity index (χ0v) is 10.1. The lowest BCUT2D eigenvalue weighted by atomic mass is 9.97. The van der Waals surface area contributed by atoms with Crippen LogP contribution in [0, 0.1) is 5.82 Å². The normalized spacial score (nSPS) is 10.3. The van der Waals surface area contributed by atoms with Gasteiger partial charge in [0.05, 0.1) is 6.42 Å². The van der Waals surface area contributed by atoms with E-state index in [0.717, 1.165) is 0 Å². The van der Waals surface area contributed by atoms with Crippen molar-refractivity contribution in [1.29, 1.82) is 0 Å². The van der Waals surface area contributed by atoms with Gasteiger partial charge in [0.1, 0.15) is 5.82 Å². The van der Waals surface area contributed by atoms with Crippen molar-refractivity contribution in [1.82, 2.24) is 0 Å². The largest absolute Gasteiger partial charge is 0.481 e. The van der Waals surface area contributed by atoms with Gasteiger partial charge in [0.25, 0.3) is 0 Å². The zero-order chi connectivity index (χ0) is 13.1. The van der Waals surface area contributed by atoms with E-state index in [1.54, 1.807) is 30.3 Å². The number of carboxylic acids is 1. The Hall–Kier alpha value is -1.87. The topological polar surface area (TPSA) is 37.3 Å². The van der Waals surface area contributed by atoms with Gasteiger partial charge < -0.3 is 5.11 Å². The van der Waals surface area contributed by atoms with Crippen molar-refractivity contribution in [3.8, 4) is 11.1 Å². The fourth-order valence-electron chi connectivity index (χ4n) is 1.82. The van der Waals surface area contributed by atoms with Crippen molar-refractivity contribution in [2.75, 3.05) is 0 Å². The first-order chi connectivity index (χ1) is 8.58. The highest BCUT2D eigenvalue weighted by Crippen LogP contribution is 2.28. The lowest BCUT2D eigenvalue weighted by Crippen LogP contribution is -2.03. The van der Waals surface area contributed by atoms with Gasteiger partial charge in [-0.3, -0.25) is 4.79 Å². The Morgan fingerprint density at radius 2 is 1.83 bits per heavy atom. The Bertz CT molecular complexity index is 579. The van der Waals surface area contributed by atoms with Crippen molar-refractivity contribution in [2.45, 2.75) is 6.42 Å². The highest BCUT2D eigenvalue weighted by molar-refractivity contribution is 6.30. The smallest absolute Gasteiger partial charge is 0.307 e. The maximum atomic E-state index is 13.9. The molecule has 0 heterocycles. The predicted molar refractivity (Wildman–Crippen MR) is 68.2 cm³/mol. The van der Waals surface area contributed by atoms with E-state index in [-0.39, 0.29) is 6.42 Å². The predicted octanol–water partition coefficient (Wildman–Crippen LogP) is 3.77. The third-order valence-corrected chi connectivity index (χ3v) is 2.83. The molecule has 0 atom stereocenters. The van der Waals surface area contributed by atoms with Crippen LogP contribution in [0.1, 0.15) is 5.56 Å². The van der Waals surface area contributed by atoms with Crippen LogP contribution in [0.15, 0.2) is 42.5 Å². The highest BCUT2D eigenvalue weighted by atomic mass is 35.5. The number of benzene rings is 2. The number of hydrogen-bond donors (Lipinski definition) is 1. The maximum absolute atomic E-state index is 13.9. The molecule has 2 nitrogen and oxygen atoms in total. The molecular weight excluding hydrogens is 255 g/mol. The zero-order valence-electron chi connectivity index (χ0n) is 9.36. The van der Waals surface area contributed by atoms with Crippen molar-refractivity contribution in [2.24, 2.45) is 0 Å². The maximum Gasteiger partial charge on any atom is 0.307 e. The molecular formula is C14H10ClFO2. The van der Waals surface area contributed by atoms with Crippen LogP contribution in [0.5, 0.6) is 0 Å². The van der Waals surface area contributed by atoms with E-state index in [9.17, 15) is 9.18 Å². The number of hydrogen-bond acceptors (Lipinski definition) is 1. The summed E-state index contributed by atoms with van der Waals surface area (Å²) in [5.74, 6) is -1.42. The SMILES string of the molecule is O=C(O)Cc1cccc(F)c1-c1ccc(Cl)cc1. The van der Waals surface area contributed by atoms with Crippen LogP contribution in [0.25, 0.3) is 11.1 Å². The molecule has 0 radical (unpaired) electrons. The summed E-state index contributed by atoms with van der Waals surface area (Å²) in [6, 6.07) is 11.1. The van der Waals surface area contributed by atoms with E-state index < -0.39 is 11.8 Å². The van der Waals surface area contributed by atoms with Gasteiger partial charge in [0.2, 0.25) is 0 Å². The third-order valence-electron chi connectivity index (χ3n) is 2.57. The molecule has 18 heavy (non-hydrogen) atoms. The minimum Gasteiger partial charge on any atom is -0.481 e. The molecule has 0 spiro atoms. The van der Waals surface area contributed by atoms with E-state index in [4.69, 9.17) is 16.7 Å². The van der Waals surface area contributed by atoms with Crippen LogP contribution in [-0.4, -0.2) is 11.1 Å². The van der Waals surface area contributed by atoms with Gasteiger partial charge in [-0.15, -0.1) is 0 Å². The molecule has 0 saturated heterocycles. The minimum atomic E-state index is -0.990. The van der Waals surface area contributed by atoms with Gasteiger partial charge in [-0.25, -0.2) is 4.39 Å². The molecule has 0 fully saturated rings. The second-order valence-electron chi connectivity index (χ2n) is 3.85. The van der Waals surface area contributed by atoms with E-state index in [2.05, 4.69) is 0 Å². The number of carboxylic acid groups (broad SMARTS) is 1. The van der Waals surface area contributed by atoms with Crippen LogP contribution >= 0.6 is 11.6 Å². The summed E-state index contributed by atoms with van der Waals surface area (Å²) in [7, 11) is 0. The highest BCUT2D eigenvalue weighted by Gasteiger charge is 2.13. The molecule has 2 rings (SSSR count). The molecule has 0 unspecified atom stereocenters. The van der Waals surface area contributed by atoms with Gasteiger partial charge in [-0.05, 0) is 29.3 Å². The van der Waals surface area contributed by atoms with Gasteiger partial charge in [-0.1, -0.05) is 35.9 Å². The Morgan fingerprint density at radius 3 is 2.44 bits per heavy atom. The average molecular weight is 265 g/mol. The Labute approximate surface area is 109 Å². The molecule has 0 aliphatic rings. The quantitative estimate of drug-likeness (QED) is 0.916. The van der Waals surface area contributed by atoms with Crippen LogP contribution in [-0.2, 0) is 11.2 Å². The number of rotatable bonds is 3. The third kappa shape index (κ3) is 2.68. The standard InChI is InChI=1S/C14H10ClFO2/c15-11-6-4-9(5-7-11)14-10(8-13(17)18)2-1-3-12(14)16/h1-7H,8H2,(H,17,18). The van der Waals surface area contributed by atoms with Gasteiger partial charge in [0.15, 0.2) is 0 Å². The van der Waals surface area contributed by atoms with Crippen molar-refractivity contribution >= 4 is 17.6 Å². The Kier molecular flexibility index (Phi) is 3.63. The molecule has 1 N–H and O–H groups in total. The van der Waals surface area contributed by atoms with E-state index >= 15 is 0 Å². The van der Waals surface area contributed by atoms with Gasteiger partial charge in [0, 0.05) is 10.6 Å². The molecule has 92 valence electrons. The molecule has 0 aliphatic carbocycles. The van der Waals surface area contributed by atoms with E-state index in [1.165, 1.54) is 12.1 Å².